The zero-order chi connectivity index (χ0) is 10.7. The molecule has 1 aliphatic rings. The fraction of sp³-hybridized carbons (Fsp3) is 0.727. The lowest BCUT2D eigenvalue weighted by Crippen LogP contribution is -2.43. The second-order valence-corrected chi connectivity index (χ2v) is 4.42. The van der Waals surface area contributed by atoms with Gasteiger partial charge < -0.3 is 15.0 Å². The Balaban J connectivity index is 1.94. The summed E-state index contributed by atoms with van der Waals surface area (Å²) >= 11 is 0. The molecule has 4 heteroatoms. The molecule has 1 aliphatic heterocycles. The van der Waals surface area contributed by atoms with Gasteiger partial charge in [0.05, 0.1) is 6.61 Å². The summed E-state index contributed by atoms with van der Waals surface area (Å²) in [5, 5.41) is 12.8. The Kier molecular flexibility index (Phi) is 3.07. The van der Waals surface area contributed by atoms with Crippen LogP contribution in [0.25, 0.3) is 0 Å². The molecule has 0 bridgehead atoms. The van der Waals surface area contributed by atoms with Crippen LogP contribution in [0.15, 0.2) is 12.4 Å². The topological polar surface area (TPSA) is 50.1 Å². The minimum atomic E-state index is -0.0497. The zero-order valence-electron chi connectivity index (χ0n) is 9.24. The number of aromatic nitrogens is 2. The van der Waals surface area contributed by atoms with Crippen LogP contribution in [0.5, 0.6) is 0 Å². The van der Waals surface area contributed by atoms with E-state index in [1.54, 1.807) is 0 Å². The lowest BCUT2D eigenvalue weighted by Gasteiger charge is -2.26. The van der Waals surface area contributed by atoms with E-state index in [1.165, 1.54) is 6.42 Å². The van der Waals surface area contributed by atoms with E-state index in [0.29, 0.717) is 0 Å². The number of hydrogen-bond donors (Lipinski definition) is 2. The molecule has 2 N–H and O–H groups in total. The highest BCUT2D eigenvalue weighted by Crippen LogP contribution is 2.23. The second-order valence-electron chi connectivity index (χ2n) is 4.42. The maximum Gasteiger partial charge on any atom is 0.108 e. The molecule has 0 aromatic carbocycles. The van der Waals surface area contributed by atoms with Crippen LogP contribution in [0.1, 0.15) is 25.1 Å². The molecule has 1 unspecified atom stereocenters. The highest BCUT2D eigenvalue weighted by Gasteiger charge is 2.32. The Morgan fingerprint density at radius 2 is 2.53 bits per heavy atom. The van der Waals surface area contributed by atoms with Gasteiger partial charge in [-0.1, -0.05) is 0 Å². The predicted octanol–water partition coefficient (Wildman–Crippen LogP) is 0.467. The minimum Gasteiger partial charge on any atom is -0.394 e. The number of aliphatic hydroxyl groups is 1. The van der Waals surface area contributed by atoms with Crippen molar-refractivity contribution in [2.24, 2.45) is 7.05 Å². The van der Waals surface area contributed by atoms with Crippen LogP contribution >= 0.6 is 0 Å². The van der Waals surface area contributed by atoms with Gasteiger partial charge in [-0.25, -0.2) is 4.98 Å². The number of rotatable bonds is 4. The molecule has 0 saturated carbocycles. The van der Waals surface area contributed by atoms with E-state index in [1.807, 2.05) is 24.0 Å². The fourth-order valence-electron chi connectivity index (χ4n) is 2.28. The van der Waals surface area contributed by atoms with Gasteiger partial charge >= 0.3 is 0 Å². The van der Waals surface area contributed by atoms with Crippen LogP contribution in [0.3, 0.4) is 0 Å². The van der Waals surface area contributed by atoms with Crippen molar-refractivity contribution in [3.05, 3.63) is 18.2 Å². The van der Waals surface area contributed by atoms with Crippen LogP contribution < -0.4 is 5.32 Å². The maximum absolute atomic E-state index is 9.42. The number of imidazole rings is 1. The Morgan fingerprint density at radius 1 is 1.67 bits per heavy atom. The standard InChI is InChI=1S/C11H19N3O/c1-14-8-7-12-10(14)3-5-11(9-15)4-2-6-13-11/h7-8,13,15H,2-6,9H2,1H3. The van der Waals surface area contributed by atoms with E-state index in [-0.39, 0.29) is 12.1 Å². The van der Waals surface area contributed by atoms with Crippen molar-refractivity contribution in [1.29, 1.82) is 0 Å². The first kappa shape index (κ1) is 10.6. The molecule has 0 radical (unpaired) electrons. The smallest absolute Gasteiger partial charge is 0.108 e. The number of aliphatic hydroxyl groups excluding tert-OH is 1. The van der Waals surface area contributed by atoms with Crippen LogP contribution in [-0.2, 0) is 13.5 Å². The molecule has 84 valence electrons. The number of hydrogen-bond acceptors (Lipinski definition) is 3. The van der Waals surface area contributed by atoms with Gasteiger partial charge in [0, 0.05) is 31.4 Å². The molecular formula is C11H19N3O. The average molecular weight is 209 g/mol. The molecule has 1 aromatic heterocycles. The molecule has 1 atom stereocenters. The summed E-state index contributed by atoms with van der Waals surface area (Å²) in [5.74, 6) is 1.09. The molecule has 2 rings (SSSR count). The van der Waals surface area contributed by atoms with Gasteiger partial charge in [-0.05, 0) is 25.8 Å². The summed E-state index contributed by atoms with van der Waals surface area (Å²) < 4.78 is 2.04. The van der Waals surface area contributed by atoms with E-state index < -0.39 is 0 Å². The van der Waals surface area contributed by atoms with Crippen molar-refractivity contribution in [1.82, 2.24) is 14.9 Å². The van der Waals surface area contributed by atoms with Gasteiger partial charge in [0.2, 0.25) is 0 Å². The number of nitrogens with one attached hydrogen (secondary N) is 1. The van der Waals surface area contributed by atoms with E-state index in [4.69, 9.17) is 0 Å². The number of aryl methyl sites for hydroxylation is 2. The van der Waals surface area contributed by atoms with Crippen LogP contribution in [0, 0.1) is 0 Å². The summed E-state index contributed by atoms with van der Waals surface area (Å²) in [6.45, 7) is 1.26. The zero-order valence-corrected chi connectivity index (χ0v) is 9.24. The molecule has 1 fully saturated rings. The van der Waals surface area contributed by atoms with Gasteiger partial charge in [-0.15, -0.1) is 0 Å². The van der Waals surface area contributed by atoms with Gasteiger partial charge in [0.1, 0.15) is 5.82 Å². The van der Waals surface area contributed by atoms with Gasteiger partial charge in [0.15, 0.2) is 0 Å². The lowest BCUT2D eigenvalue weighted by atomic mass is 9.92. The molecule has 4 nitrogen and oxygen atoms in total. The van der Waals surface area contributed by atoms with Gasteiger partial charge in [-0.3, -0.25) is 0 Å². The van der Waals surface area contributed by atoms with E-state index >= 15 is 0 Å². The normalized spacial score (nSPS) is 26.0. The first-order chi connectivity index (χ1) is 7.26. The van der Waals surface area contributed by atoms with Crippen molar-refractivity contribution in [2.75, 3.05) is 13.2 Å². The first-order valence-electron chi connectivity index (χ1n) is 5.58. The van der Waals surface area contributed by atoms with Crippen molar-refractivity contribution in [3.63, 3.8) is 0 Å². The third-order valence-corrected chi connectivity index (χ3v) is 3.38. The second kappa shape index (κ2) is 4.33. The summed E-state index contributed by atoms with van der Waals surface area (Å²) in [5.41, 5.74) is -0.0497. The highest BCUT2D eigenvalue weighted by molar-refractivity contribution is 4.98. The number of nitrogens with zero attached hydrogens (tertiary/aromatic N) is 2. The highest BCUT2D eigenvalue weighted by atomic mass is 16.3. The van der Waals surface area contributed by atoms with Crippen LogP contribution in [0.2, 0.25) is 0 Å². The summed E-state index contributed by atoms with van der Waals surface area (Å²) in [6.07, 6.45) is 7.92. The molecule has 0 amide bonds. The van der Waals surface area contributed by atoms with E-state index in [0.717, 1.165) is 31.6 Å². The Hall–Kier alpha value is -0.870. The van der Waals surface area contributed by atoms with E-state index in [9.17, 15) is 5.11 Å². The minimum absolute atomic E-state index is 0.0497. The van der Waals surface area contributed by atoms with Crippen molar-refractivity contribution in [3.8, 4) is 0 Å². The SMILES string of the molecule is Cn1ccnc1CCC1(CO)CCCN1. The average Bonchev–Trinajstić information content (AvgIpc) is 2.85. The summed E-state index contributed by atoms with van der Waals surface area (Å²) in [4.78, 5) is 4.30. The van der Waals surface area contributed by atoms with Crippen LogP contribution in [-0.4, -0.2) is 33.3 Å². The van der Waals surface area contributed by atoms with Crippen molar-refractivity contribution < 1.29 is 5.11 Å². The maximum atomic E-state index is 9.42. The molecular weight excluding hydrogens is 190 g/mol. The molecule has 0 spiro atoms. The third-order valence-electron chi connectivity index (χ3n) is 3.38. The monoisotopic (exact) mass is 209 g/mol. The lowest BCUT2D eigenvalue weighted by molar-refractivity contribution is 0.168. The van der Waals surface area contributed by atoms with Crippen molar-refractivity contribution >= 4 is 0 Å². The first-order valence-corrected chi connectivity index (χ1v) is 5.58. The fourth-order valence-corrected chi connectivity index (χ4v) is 2.28. The molecule has 0 aliphatic carbocycles. The molecule has 15 heavy (non-hydrogen) atoms. The third kappa shape index (κ3) is 2.21. The summed E-state index contributed by atoms with van der Waals surface area (Å²) in [6, 6.07) is 0. The van der Waals surface area contributed by atoms with Gasteiger partial charge in [-0.2, -0.15) is 0 Å². The molecule has 2 heterocycles. The van der Waals surface area contributed by atoms with E-state index in [2.05, 4.69) is 10.3 Å². The van der Waals surface area contributed by atoms with Crippen LogP contribution in [0.4, 0.5) is 0 Å². The Bertz CT molecular complexity index is 315. The molecule has 1 saturated heterocycles. The quantitative estimate of drug-likeness (QED) is 0.758. The Labute approximate surface area is 90.3 Å². The largest absolute Gasteiger partial charge is 0.394 e. The summed E-state index contributed by atoms with van der Waals surface area (Å²) in [7, 11) is 2.01. The van der Waals surface area contributed by atoms with Crippen molar-refractivity contribution in [2.45, 2.75) is 31.2 Å². The molecule has 1 aromatic rings. The van der Waals surface area contributed by atoms with Gasteiger partial charge in [0.25, 0.3) is 0 Å². The predicted molar refractivity (Wildman–Crippen MR) is 58.6 cm³/mol. The Morgan fingerprint density at radius 3 is 3.07 bits per heavy atom.